The van der Waals surface area contributed by atoms with Crippen LogP contribution in [-0.2, 0) is 7.05 Å². The zero-order chi connectivity index (χ0) is 23.5. The number of rotatable bonds is 5. The number of nitrogens with zero attached hydrogens (tertiary/aromatic N) is 3. The minimum Gasteiger partial charge on any atom is -0.321 e. The number of benzene rings is 2. The third-order valence-electron chi connectivity index (χ3n) is 5.09. The van der Waals surface area contributed by atoms with E-state index in [1.54, 1.807) is 49.0 Å². The Hall–Kier alpha value is -4.73. The first-order valence-electron chi connectivity index (χ1n) is 9.97. The molecule has 3 N–H and O–H groups in total. The van der Waals surface area contributed by atoms with Gasteiger partial charge in [-0.25, -0.2) is 9.78 Å². The lowest BCUT2D eigenvalue weighted by Gasteiger charge is -2.08. The van der Waals surface area contributed by atoms with E-state index in [1.807, 2.05) is 18.2 Å². The Labute approximate surface area is 187 Å². The molecule has 10 heteroatoms. The molecule has 33 heavy (non-hydrogen) atoms. The van der Waals surface area contributed by atoms with Gasteiger partial charge in [0.05, 0.1) is 11.4 Å². The first kappa shape index (κ1) is 21.5. The summed E-state index contributed by atoms with van der Waals surface area (Å²) in [7, 11) is 1.74. The van der Waals surface area contributed by atoms with Crippen LogP contribution in [0.4, 0.5) is 11.4 Å². The summed E-state index contributed by atoms with van der Waals surface area (Å²) < 4.78 is 3.14. The minimum atomic E-state index is -0.548. The molecule has 0 aliphatic rings. The van der Waals surface area contributed by atoms with Crippen LogP contribution in [0.3, 0.4) is 0 Å². The summed E-state index contributed by atoms with van der Waals surface area (Å²) >= 11 is 0. The number of aromatic amines is 1. The summed E-state index contributed by atoms with van der Waals surface area (Å²) in [5.41, 5.74) is 1.27. The fourth-order valence-electron chi connectivity index (χ4n) is 3.30. The number of anilines is 2. The fourth-order valence-corrected chi connectivity index (χ4v) is 3.30. The van der Waals surface area contributed by atoms with Gasteiger partial charge in [0, 0.05) is 24.4 Å². The maximum Gasteiger partial charge on any atom is 0.295 e. The molecule has 10 nitrogen and oxygen atoms in total. The molecule has 0 saturated carbocycles. The number of para-hydroxylation sites is 1. The van der Waals surface area contributed by atoms with Crippen molar-refractivity contribution < 1.29 is 9.59 Å². The molecule has 0 radical (unpaired) electrons. The maximum absolute atomic E-state index is 13.0. The quantitative estimate of drug-likeness (QED) is 0.434. The van der Waals surface area contributed by atoms with E-state index >= 15 is 0 Å². The molecule has 0 aliphatic carbocycles. The average Bonchev–Trinajstić information content (AvgIpc) is 3.03. The van der Waals surface area contributed by atoms with Crippen molar-refractivity contribution in [2.45, 2.75) is 6.92 Å². The third kappa shape index (κ3) is 4.35. The molecule has 2 heterocycles. The van der Waals surface area contributed by atoms with E-state index in [2.05, 4.69) is 20.8 Å². The average molecular weight is 444 g/mol. The van der Waals surface area contributed by atoms with Crippen molar-refractivity contribution in [2.24, 2.45) is 7.05 Å². The molecule has 0 aliphatic heterocycles. The van der Waals surface area contributed by atoms with Crippen molar-refractivity contribution in [2.75, 3.05) is 10.6 Å². The highest BCUT2D eigenvalue weighted by Crippen LogP contribution is 2.17. The van der Waals surface area contributed by atoms with Crippen LogP contribution in [0.5, 0.6) is 0 Å². The molecule has 0 unspecified atom stereocenters. The largest absolute Gasteiger partial charge is 0.321 e. The first-order valence-corrected chi connectivity index (χ1v) is 9.97. The van der Waals surface area contributed by atoms with E-state index in [0.29, 0.717) is 17.1 Å². The monoisotopic (exact) mass is 444 g/mol. The smallest absolute Gasteiger partial charge is 0.295 e. The summed E-state index contributed by atoms with van der Waals surface area (Å²) in [4.78, 5) is 49.3. The van der Waals surface area contributed by atoms with E-state index < -0.39 is 17.4 Å². The Morgan fingerprint density at radius 2 is 1.67 bits per heavy atom. The fraction of sp³-hybridized carbons (Fsp3) is 0.0870. The van der Waals surface area contributed by atoms with Crippen LogP contribution in [0, 0.1) is 6.92 Å². The van der Waals surface area contributed by atoms with Gasteiger partial charge in [0.2, 0.25) is 0 Å². The van der Waals surface area contributed by atoms with Crippen LogP contribution < -0.4 is 21.8 Å². The van der Waals surface area contributed by atoms with Crippen molar-refractivity contribution in [1.29, 1.82) is 0 Å². The Morgan fingerprint density at radius 3 is 2.36 bits per heavy atom. The normalized spacial score (nSPS) is 10.6. The molecule has 166 valence electrons. The van der Waals surface area contributed by atoms with Gasteiger partial charge in [0.1, 0.15) is 11.4 Å². The molecule has 2 amide bonds. The number of carbonyl (C=O) groups excluding carboxylic acids is 2. The van der Waals surface area contributed by atoms with E-state index in [9.17, 15) is 19.2 Å². The van der Waals surface area contributed by atoms with Crippen molar-refractivity contribution in [3.05, 3.63) is 104 Å². The SMILES string of the molecule is Cc1c(NC(=O)c2cccc(NC(=O)c3ccc(=O)[nH]n3)c2)c(=O)n(-c2ccccc2)n1C. The second-order valence-corrected chi connectivity index (χ2v) is 7.23. The standard InChI is InChI=1S/C23H20N6O4/c1-14-20(23(33)29(28(14)2)17-9-4-3-5-10-17)25-21(31)15-7-6-8-16(13-15)24-22(32)18-11-12-19(30)27-26-18/h3-13H,1-2H3,(H,24,32)(H,25,31)(H,27,30). The van der Waals surface area contributed by atoms with Gasteiger partial charge >= 0.3 is 0 Å². The van der Waals surface area contributed by atoms with Crippen molar-refractivity contribution in [3.8, 4) is 5.69 Å². The second-order valence-electron chi connectivity index (χ2n) is 7.23. The number of hydrogen-bond acceptors (Lipinski definition) is 5. The number of nitrogens with one attached hydrogen (secondary N) is 3. The van der Waals surface area contributed by atoms with Gasteiger partial charge in [-0.05, 0) is 43.3 Å². The highest BCUT2D eigenvalue weighted by atomic mass is 16.2. The summed E-state index contributed by atoms with van der Waals surface area (Å²) in [5, 5.41) is 11.2. The van der Waals surface area contributed by atoms with Gasteiger partial charge < -0.3 is 10.6 Å². The minimum absolute atomic E-state index is 0.0193. The molecule has 0 saturated heterocycles. The Bertz CT molecular complexity index is 1450. The summed E-state index contributed by atoms with van der Waals surface area (Å²) in [6, 6.07) is 17.8. The van der Waals surface area contributed by atoms with Crippen LogP contribution in [0.2, 0.25) is 0 Å². The van der Waals surface area contributed by atoms with Gasteiger partial charge in [-0.1, -0.05) is 24.3 Å². The van der Waals surface area contributed by atoms with Crippen molar-refractivity contribution in [3.63, 3.8) is 0 Å². The predicted octanol–water partition coefficient (Wildman–Crippen LogP) is 2.07. The molecular weight excluding hydrogens is 424 g/mol. The van der Waals surface area contributed by atoms with Gasteiger partial charge in [0.25, 0.3) is 22.9 Å². The molecule has 0 bridgehead atoms. The van der Waals surface area contributed by atoms with Crippen LogP contribution in [0.1, 0.15) is 26.5 Å². The highest BCUT2D eigenvalue weighted by molar-refractivity contribution is 6.07. The first-order chi connectivity index (χ1) is 15.8. The van der Waals surface area contributed by atoms with Gasteiger partial charge in [-0.2, -0.15) is 5.10 Å². The summed E-state index contributed by atoms with van der Waals surface area (Å²) in [5.74, 6) is -1.05. The third-order valence-corrected chi connectivity index (χ3v) is 5.09. The lowest BCUT2D eigenvalue weighted by atomic mass is 10.1. The maximum atomic E-state index is 13.0. The summed E-state index contributed by atoms with van der Waals surface area (Å²) in [6.07, 6.45) is 0. The molecule has 0 fully saturated rings. The van der Waals surface area contributed by atoms with Crippen molar-refractivity contribution >= 4 is 23.2 Å². The Balaban J connectivity index is 1.56. The molecule has 2 aromatic carbocycles. The van der Waals surface area contributed by atoms with E-state index in [-0.39, 0.29) is 22.5 Å². The van der Waals surface area contributed by atoms with Gasteiger partial charge in [-0.15, -0.1) is 0 Å². The van der Waals surface area contributed by atoms with E-state index in [4.69, 9.17) is 0 Å². The van der Waals surface area contributed by atoms with Crippen LogP contribution in [0.15, 0.2) is 76.3 Å². The number of H-pyrrole nitrogens is 1. The molecular formula is C23H20N6O4. The molecule has 2 aromatic heterocycles. The predicted molar refractivity (Wildman–Crippen MR) is 123 cm³/mol. The molecule has 4 aromatic rings. The van der Waals surface area contributed by atoms with Gasteiger partial charge in [-0.3, -0.25) is 23.9 Å². The number of amides is 2. The lowest BCUT2D eigenvalue weighted by molar-refractivity contribution is 0.101. The highest BCUT2D eigenvalue weighted by Gasteiger charge is 2.19. The Kier molecular flexibility index (Phi) is 5.73. The summed E-state index contributed by atoms with van der Waals surface area (Å²) in [6.45, 7) is 1.74. The van der Waals surface area contributed by atoms with E-state index in [0.717, 1.165) is 0 Å². The number of aromatic nitrogens is 4. The molecule has 0 spiro atoms. The lowest BCUT2D eigenvalue weighted by Crippen LogP contribution is -2.23. The van der Waals surface area contributed by atoms with Crippen LogP contribution in [0.25, 0.3) is 5.69 Å². The second kappa shape index (κ2) is 8.79. The number of hydrogen-bond donors (Lipinski definition) is 3. The van der Waals surface area contributed by atoms with E-state index in [1.165, 1.54) is 22.9 Å². The van der Waals surface area contributed by atoms with Crippen molar-refractivity contribution in [1.82, 2.24) is 19.6 Å². The number of carbonyl (C=O) groups is 2. The van der Waals surface area contributed by atoms with Crippen LogP contribution in [-0.4, -0.2) is 31.4 Å². The zero-order valence-corrected chi connectivity index (χ0v) is 17.8. The molecule has 4 rings (SSSR count). The Morgan fingerprint density at radius 1 is 0.909 bits per heavy atom. The van der Waals surface area contributed by atoms with Gasteiger partial charge in [0.15, 0.2) is 0 Å². The molecule has 0 atom stereocenters. The van der Waals surface area contributed by atoms with Crippen LogP contribution >= 0.6 is 0 Å². The topological polar surface area (TPSA) is 131 Å². The zero-order valence-electron chi connectivity index (χ0n) is 17.8.